The molecule has 0 aliphatic carbocycles. The van der Waals surface area contributed by atoms with Crippen LogP contribution in [0.1, 0.15) is 22.5 Å². The number of thiophene rings is 1. The molecule has 0 fully saturated rings. The second-order valence-corrected chi connectivity index (χ2v) is 6.33. The van der Waals surface area contributed by atoms with Crippen molar-refractivity contribution in [3.05, 3.63) is 16.3 Å². The summed E-state index contributed by atoms with van der Waals surface area (Å²) in [4.78, 5) is 21.6. The van der Waals surface area contributed by atoms with Gasteiger partial charge in [0.25, 0.3) is 0 Å². The Morgan fingerprint density at radius 1 is 1.47 bits per heavy atom. The van der Waals surface area contributed by atoms with Crippen LogP contribution in [0.5, 0.6) is 0 Å². The zero-order valence-electron chi connectivity index (χ0n) is 10.1. The van der Waals surface area contributed by atoms with Gasteiger partial charge in [-0.15, -0.1) is 11.3 Å². The molecule has 0 saturated heterocycles. The third kappa shape index (κ3) is 4.87. The molecule has 1 heterocycles. The Morgan fingerprint density at radius 2 is 2.16 bits per heavy atom. The molecule has 9 heteroatoms. The number of sulfonamides is 1. The molecule has 7 nitrogen and oxygen atoms in total. The third-order valence-electron chi connectivity index (χ3n) is 2.15. The van der Waals surface area contributed by atoms with Crippen molar-refractivity contribution in [2.24, 2.45) is 0 Å². The van der Waals surface area contributed by atoms with Crippen molar-refractivity contribution >= 4 is 39.0 Å². The van der Waals surface area contributed by atoms with Gasteiger partial charge in [0.1, 0.15) is 4.88 Å². The van der Waals surface area contributed by atoms with Gasteiger partial charge < -0.3 is 9.84 Å². The van der Waals surface area contributed by atoms with Crippen LogP contribution in [0.15, 0.2) is 11.4 Å². The first-order chi connectivity index (χ1) is 8.85. The summed E-state index contributed by atoms with van der Waals surface area (Å²) < 4.78 is 30.0. The number of esters is 1. The normalized spacial score (nSPS) is 11.0. The van der Waals surface area contributed by atoms with E-state index in [1.165, 1.54) is 18.6 Å². The number of carboxylic acid groups (broad SMARTS) is 1. The number of hydrogen-bond acceptors (Lipinski definition) is 6. The fourth-order valence-corrected chi connectivity index (χ4v) is 3.17. The van der Waals surface area contributed by atoms with Gasteiger partial charge >= 0.3 is 11.9 Å². The SMILES string of the molecule is COC(=O)CCCS(=O)(=O)Nc1ccsc1C(=O)O. The molecular weight excluding hydrogens is 294 g/mol. The van der Waals surface area contributed by atoms with Crippen molar-refractivity contribution in [1.29, 1.82) is 0 Å². The molecule has 0 unspecified atom stereocenters. The molecule has 0 amide bonds. The Labute approximate surface area is 114 Å². The highest BCUT2D eigenvalue weighted by molar-refractivity contribution is 7.92. The van der Waals surface area contributed by atoms with Crippen molar-refractivity contribution in [2.75, 3.05) is 17.6 Å². The van der Waals surface area contributed by atoms with Gasteiger partial charge in [-0.1, -0.05) is 0 Å². The fraction of sp³-hybridized carbons (Fsp3) is 0.400. The van der Waals surface area contributed by atoms with E-state index in [4.69, 9.17) is 5.11 Å². The van der Waals surface area contributed by atoms with E-state index in [-0.39, 0.29) is 29.2 Å². The molecule has 2 N–H and O–H groups in total. The van der Waals surface area contributed by atoms with E-state index in [2.05, 4.69) is 9.46 Å². The van der Waals surface area contributed by atoms with Crippen LogP contribution in [0.25, 0.3) is 0 Å². The minimum atomic E-state index is -3.68. The highest BCUT2D eigenvalue weighted by Crippen LogP contribution is 2.23. The van der Waals surface area contributed by atoms with E-state index in [0.717, 1.165) is 11.3 Å². The second-order valence-electron chi connectivity index (χ2n) is 3.57. The van der Waals surface area contributed by atoms with Gasteiger partial charge in [0.2, 0.25) is 10.0 Å². The van der Waals surface area contributed by atoms with Crippen molar-refractivity contribution in [3.8, 4) is 0 Å². The maximum absolute atomic E-state index is 11.7. The smallest absolute Gasteiger partial charge is 0.348 e. The lowest BCUT2D eigenvalue weighted by Gasteiger charge is -2.06. The summed E-state index contributed by atoms with van der Waals surface area (Å²) in [6.45, 7) is 0. The third-order valence-corrected chi connectivity index (χ3v) is 4.41. The van der Waals surface area contributed by atoms with Gasteiger partial charge in [-0.05, 0) is 17.9 Å². The van der Waals surface area contributed by atoms with E-state index in [1.807, 2.05) is 0 Å². The number of ether oxygens (including phenoxy) is 1. The molecule has 0 atom stereocenters. The van der Waals surface area contributed by atoms with E-state index in [9.17, 15) is 18.0 Å². The van der Waals surface area contributed by atoms with E-state index in [0.29, 0.717) is 0 Å². The summed E-state index contributed by atoms with van der Waals surface area (Å²) in [5.41, 5.74) is 0.0376. The van der Waals surface area contributed by atoms with E-state index >= 15 is 0 Å². The van der Waals surface area contributed by atoms with Crippen LogP contribution in [0.2, 0.25) is 0 Å². The first-order valence-electron chi connectivity index (χ1n) is 5.24. The molecular formula is C10H13NO6S2. The number of nitrogens with one attached hydrogen (secondary N) is 1. The maximum atomic E-state index is 11.7. The van der Waals surface area contributed by atoms with E-state index < -0.39 is 22.0 Å². The number of rotatable bonds is 7. The van der Waals surface area contributed by atoms with Gasteiger partial charge in [0.05, 0.1) is 18.6 Å². The summed E-state index contributed by atoms with van der Waals surface area (Å²) in [5, 5.41) is 10.3. The van der Waals surface area contributed by atoms with Gasteiger partial charge in [0, 0.05) is 6.42 Å². The summed E-state index contributed by atoms with van der Waals surface area (Å²) in [5.74, 6) is -1.96. The molecule has 0 aliphatic rings. The lowest BCUT2D eigenvalue weighted by molar-refractivity contribution is -0.140. The first-order valence-corrected chi connectivity index (χ1v) is 7.77. The Morgan fingerprint density at radius 3 is 2.74 bits per heavy atom. The van der Waals surface area contributed by atoms with Gasteiger partial charge in [-0.2, -0.15) is 0 Å². The molecule has 19 heavy (non-hydrogen) atoms. The second kappa shape index (κ2) is 6.53. The summed E-state index contributed by atoms with van der Waals surface area (Å²) in [6, 6.07) is 1.38. The number of carbonyl (C=O) groups excluding carboxylic acids is 1. The molecule has 0 radical (unpaired) electrons. The maximum Gasteiger partial charge on any atom is 0.348 e. The number of hydrogen-bond donors (Lipinski definition) is 2. The van der Waals surface area contributed by atoms with Crippen LogP contribution in [-0.2, 0) is 19.6 Å². The van der Waals surface area contributed by atoms with E-state index in [1.54, 1.807) is 0 Å². The van der Waals surface area contributed by atoms with Crippen LogP contribution in [0, 0.1) is 0 Å². The highest BCUT2D eigenvalue weighted by atomic mass is 32.2. The predicted octanol–water partition coefficient (Wildman–Crippen LogP) is 1.14. The summed E-state index contributed by atoms with van der Waals surface area (Å²) >= 11 is 0.930. The molecule has 0 aliphatic heterocycles. The molecule has 0 bridgehead atoms. The topological polar surface area (TPSA) is 110 Å². The van der Waals surface area contributed by atoms with Crippen molar-refractivity contribution in [1.82, 2.24) is 0 Å². The average molecular weight is 307 g/mol. The monoisotopic (exact) mass is 307 g/mol. The van der Waals surface area contributed by atoms with Crippen LogP contribution in [0.3, 0.4) is 0 Å². The van der Waals surface area contributed by atoms with Crippen LogP contribution in [-0.4, -0.2) is 38.3 Å². The quantitative estimate of drug-likeness (QED) is 0.731. The summed E-state index contributed by atoms with van der Waals surface area (Å²) in [7, 11) is -2.46. The Balaban J connectivity index is 2.62. The van der Waals surface area contributed by atoms with Crippen LogP contribution >= 0.6 is 11.3 Å². The van der Waals surface area contributed by atoms with Crippen molar-refractivity contribution in [3.63, 3.8) is 0 Å². The number of aromatic carboxylic acids is 1. The molecule has 0 saturated carbocycles. The van der Waals surface area contributed by atoms with Gasteiger partial charge in [0.15, 0.2) is 0 Å². The fourth-order valence-electron chi connectivity index (χ4n) is 1.28. The molecule has 0 spiro atoms. The summed E-state index contributed by atoms with van der Waals surface area (Å²) in [6.07, 6.45) is 0.0986. The lowest BCUT2D eigenvalue weighted by atomic mass is 10.3. The predicted molar refractivity (Wildman–Crippen MR) is 69.9 cm³/mol. The number of methoxy groups -OCH3 is 1. The van der Waals surface area contributed by atoms with Gasteiger partial charge in [-0.25, -0.2) is 13.2 Å². The van der Waals surface area contributed by atoms with Gasteiger partial charge in [-0.3, -0.25) is 9.52 Å². The minimum absolute atomic E-state index is 0.00711. The largest absolute Gasteiger partial charge is 0.477 e. The highest BCUT2D eigenvalue weighted by Gasteiger charge is 2.17. The number of carboxylic acids is 1. The Kier molecular flexibility index (Phi) is 5.31. The average Bonchev–Trinajstić information content (AvgIpc) is 2.75. The standard InChI is InChI=1S/C10H13NO6S2/c1-17-8(12)3-2-6-19(15,16)11-7-4-5-18-9(7)10(13)14/h4-5,11H,2-3,6H2,1H3,(H,13,14). The zero-order valence-corrected chi connectivity index (χ0v) is 11.7. The van der Waals surface area contributed by atoms with Crippen molar-refractivity contribution in [2.45, 2.75) is 12.8 Å². The number of carbonyl (C=O) groups is 2. The molecule has 1 aromatic rings. The molecule has 106 valence electrons. The van der Waals surface area contributed by atoms with Crippen molar-refractivity contribution < 1.29 is 27.9 Å². The molecule has 0 aromatic carbocycles. The molecule has 1 aromatic heterocycles. The Bertz CT molecular complexity index is 562. The van der Waals surface area contributed by atoms with Crippen LogP contribution < -0.4 is 4.72 Å². The minimum Gasteiger partial charge on any atom is -0.477 e. The zero-order chi connectivity index (χ0) is 14.5. The number of anilines is 1. The molecule has 1 rings (SSSR count). The lowest BCUT2D eigenvalue weighted by Crippen LogP contribution is -2.18. The first kappa shape index (κ1) is 15.4. The Hall–Kier alpha value is -1.61. The van der Waals surface area contributed by atoms with Crippen LogP contribution in [0.4, 0.5) is 5.69 Å².